The van der Waals surface area contributed by atoms with E-state index >= 15 is 0 Å². The Morgan fingerprint density at radius 2 is 1.67 bits per heavy atom. The highest BCUT2D eigenvalue weighted by molar-refractivity contribution is 14.1. The fourth-order valence-electron chi connectivity index (χ4n) is 1.20. The molecule has 7 heteroatoms. The number of carbonyl (C=O) groups excluding carboxylic acids is 1. The van der Waals surface area contributed by atoms with Crippen molar-refractivity contribution in [3.8, 4) is 0 Å². The molecule has 0 atom stereocenters. The van der Waals surface area contributed by atoms with Gasteiger partial charge in [0.15, 0.2) is 7.66 Å². The molecule has 0 unspecified atom stereocenters. The van der Waals surface area contributed by atoms with Gasteiger partial charge in [-0.1, -0.05) is 30.3 Å². The summed E-state index contributed by atoms with van der Waals surface area (Å²) in [7, 11) is 0. The molecule has 0 aliphatic carbocycles. The lowest BCUT2D eigenvalue weighted by Gasteiger charge is -2.04. The van der Waals surface area contributed by atoms with Crippen LogP contribution in [0.3, 0.4) is 0 Å². The van der Waals surface area contributed by atoms with E-state index in [2.05, 4.69) is 15.0 Å². The Labute approximate surface area is 131 Å². The molecule has 1 heterocycles. The molecule has 0 fully saturated rings. The molecule has 1 aromatic heterocycles. The van der Waals surface area contributed by atoms with Crippen molar-refractivity contribution in [3.63, 3.8) is 0 Å². The van der Waals surface area contributed by atoms with Crippen LogP contribution in [0.1, 0.15) is 16.2 Å². The monoisotopic (exact) mass is 467 g/mol. The molecule has 0 N–H and O–H groups in total. The van der Waals surface area contributed by atoms with E-state index in [9.17, 15) is 4.79 Å². The maximum atomic E-state index is 11.7. The van der Waals surface area contributed by atoms with Gasteiger partial charge in [0.05, 0.1) is 0 Å². The van der Waals surface area contributed by atoms with Crippen molar-refractivity contribution in [1.29, 1.82) is 0 Å². The summed E-state index contributed by atoms with van der Waals surface area (Å²) in [6, 6.07) is 9.44. The molecular weight excluding hydrogens is 460 g/mol. The van der Waals surface area contributed by atoms with Gasteiger partial charge >= 0.3 is 5.97 Å². The second-order valence-corrected chi connectivity index (χ2v) is 5.19. The van der Waals surface area contributed by atoms with Gasteiger partial charge in [-0.2, -0.15) is 15.0 Å². The minimum atomic E-state index is -0.544. The van der Waals surface area contributed by atoms with Crippen LogP contribution in [0.15, 0.2) is 30.3 Å². The zero-order valence-electron chi connectivity index (χ0n) is 9.01. The van der Waals surface area contributed by atoms with Crippen LogP contribution in [0.4, 0.5) is 0 Å². The third kappa shape index (κ3) is 3.83. The zero-order chi connectivity index (χ0) is 13.0. The molecule has 0 spiro atoms. The van der Waals surface area contributed by atoms with Crippen molar-refractivity contribution in [2.45, 2.75) is 6.61 Å². The van der Waals surface area contributed by atoms with E-state index in [1.807, 2.05) is 75.5 Å². The second kappa shape index (κ2) is 6.36. The average Bonchev–Trinajstić information content (AvgIpc) is 2.36. The van der Waals surface area contributed by atoms with E-state index in [-0.39, 0.29) is 12.4 Å². The number of ether oxygens (including phenoxy) is 1. The predicted molar refractivity (Wildman–Crippen MR) is 80.8 cm³/mol. The number of benzene rings is 1. The van der Waals surface area contributed by atoms with Crippen LogP contribution in [-0.4, -0.2) is 20.9 Å². The SMILES string of the molecule is O=C(OCc1ccccc1)c1nc(I)nc(I)n1. The van der Waals surface area contributed by atoms with Crippen molar-refractivity contribution < 1.29 is 9.53 Å². The third-order valence-electron chi connectivity index (χ3n) is 1.98. The highest BCUT2D eigenvalue weighted by Gasteiger charge is 2.13. The summed E-state index contributed by atoms with van der Waals surface area (Å²) in [6.45, 7) is 0.207. The Morgan fingerprint density at radius 1 is 1.06 bits per heavy atom. The van der Waals surface area contributed by atoms with Crippen LogP contribution in [-0.2, 0) is 11.3 Å². The maximum absolute atomic E-state index is 11.7. The van der Waals surface area contributed by atoms with Crippen LogP contribution in [0.2, 0.25) is 0 Å². The molecule has 2 rings (SSSR count). The highest BCUT2D eigenvalue weighted by atomic mass is 127. The van der Waals surface area contributed by atoms with Crippen LogP contribution < -0.4 is 0 Å². The first-order valence-electron chi connectivity index (χ1n) is 4.93. The lowest BCUT2D eigenvalue weighted by Crippen LogP contribution is -2.13. The van der Waals surface area contributed by atoms with E-state index in [4.69, 9.17) is 4.74 Å². The number of halogens is 2. The molecule has 0 saturated carbocycles. The topological polar surface area (TPSA) is 65.0 Å². The fraction of sp³-hybridized carbons (Fsp3) is 0.0909. The Morgan fingerprint density at radius 3 is 2.28 bits per heavy atom. The molecule has 92 valence electrons. The van der Waals surface area contributed by atoms with E-state index in [0.717, 1.165) is 5.56 Å². The third-order valence-corrected chi connectivity index (χ3v) is 2.94. The van der Waals surface area contributed by atoms with Gasteiger partial charge in [-0.3, -0.25) is 0 Å². The van der Waals surface area contributed by atoms with E-state index in [0.29, 0.717) is 7.66 Å². The Hall–Kier alpha value is -0.840. The number of hydrogen-bond donors (Lipinski definition) is 0. The quantitative estimate of drug-likeness (QED) is 0.513. The summed E-state index contributed by atoms with van der Waals surface area (Å²) in [5, 5.41) is 0. The summed E-state index contributed by atoms with van der Waals surface area (Å²) >= 11 is 3.86. The van der Waals surface area contributed by atoms with Crippen molar-refractivity contribution in [2.24, 2.45) is 0 Å². The molecule has 0 radical (unpaired) electrons. The Balaban J connectivity index is 2.04. The first-order chi connectivity index (χ1) is 8.65. The van der Waals surface area contributed by atoms with Gasteiger partial charge < -0.3 is 4.74 Å². The van der Waals surface area contributed by atoms with Crippen LogP contribution in [0.25, 0.3) is 0 Å². The van der Waals surface area contributed by atoms with E-state index in [1.165, 1.54) is 0 Å². The molecule has 0 aliphatic heterocycles. The first-order valence-corrected chi connectivity index (χ1v) is 7.09. The summed E-state index contributed by atoms with van der Waals surface area (Å²) < 4.78 is 6.07. The van der Waals surface area contributed by atoms with Crippen molar-refractivity contribution in [2.75, 3.05) is 0 Å². The first kappa shape index (κ1) is 13.6. The molecule has 2 aromatic rings. The minimum Gasteiger partial charge on any atom is -0.455 e. The summed E-state index contributed by atoms with van der Waals surface area (Å²) in [6.07, 6.45) is 0. The molecule has 18 heavy (non-hydrogen) atoms. The van der Waals surface area contributed by atoms with Gasteiger partial charge in [0.25, 0.3) is 0 Å². The van der Waals surface area contributed by atoms with Crippen molar-refractivity contribution in [3.05, 3.63) is 49.4 Å². The lowest BCUT2D eigenvalue weighted by molar-refractivity contribution is 0.0457. The molecular formula is C11H7I2N3O2. The second-order valence-electron chi connectivity index (χ2n) is 3.26. The molecule has 0 saturated heterocycles. The standard InChI is InChI=1S/C11H7I2N3O2/c12-10-14-8(15-11(13)16-10)9(17)18-6-7-4-2-1-3-5-7/h1-5H,6H2. The number of esters is 1. The lowest BCUT2D eigenvalue weighted by atomic mass is 10.2. The zero-order valence-corrected chi connectivity index (χ0v) is 13.3. The molecule has 0 amide bonds. The van der Waals surface area contributed by atoms with Crippen LogP contribution in [0.5, 0.6) is 0 Å². The number of hydrogen-bond acceptors (Lipinski definition) is 5. The van der Waals surface area contributed by atoms with E-state index < -0.39 is 5.97 Å². The number of rotatable bonds is 3. The van der Waals surface area contributed by atoms with Gasteiger partial charge in [0, 0.05) is 45.2 Å². The largest absolute Gasteiger partial charge is 0.455 e. The Kier molecular flexibility index (Phi) is 4.80. The van der Waals surface area contributed by atoms with Gasteiger partial charge in [0.1, 0.15) is 6.61 Å². The number of aromatic nitrogens is 3. The van der Waals surface area contributed by atoms with Crippen LogP contribution in [0, 0.1) is 7.66 Å². The smallest absolute Gasteiger partial charge is 0.376 e. The Bertz CT molecular complexity index is 543. The highest BCUT2D eigenvalue weighted by Crippen LogP contribution is 2.06. The minimum absolute atomic E-state index is 0.0368. The van der Waals surface area contributed by atoms with E-state index in [1.54, 1.807) is 0 Å². The van der Waals surface area contributed by atoms with Gasteiger partial charge in [-0.05, 0) is 5.56 Å². The van der Waals surface area contributed by atoms with Gasteiger partial charge in [-0.15, -0.1) is 0 Å². The van der Waals surface area contributed by atoms with Crippen LogP contribution >= 0.6 is 45.2 Å². The summed E-state index contributed by atoms with van der Waals surface area (Å²) in [5.74, 6) is -0.508. The van der Waals surface area contributed by atoms with Gasteiger partial charge in [0.2, 0.25) is 5.82 Å². The number of nitrogens with zero attached hydrogens (tertiary/aromatic N) is 3. The fourth-order valence-corrected chi connectivity index (χ4v) is 2.58. The molecule has 1 aromatic carbocycles. The molecule has 0 aliphatic rings. The molecule has 0 bridgehead atoms. The average molecular weight is 467 g/mol. The maximum Gasteiger partial charge on any atom is 0.376 e. The number of carbonyl (C=O) groups is 1. The van der Waals surface area contributed by atoms with Gasteiger partial charge in [-0.25, -0.2) is 4.79 Å². The molecule has 5 nitrogen and oxygen atoms in total. The predicted octanol–water partition coefficient (Wildman–Crippen LogP) is 2.44. The normalized spacial score (nSPS) is 10.1. The summed E-state index contributed by atoms with van der Waals surface area (Å²) in [4.78, 5) is 23.6. The van der Waals surface area contributed by atoms with Crippen molar-refractivity contribution >= 4 is 51.2 Å². The van der Waals surface area contributed by atoms with Crippen molar-refractivity contribution in [1.82, 2.24) is 15.0 Å². The summed E-state index contributed by atoms with van der Waals surface area (Å²) in [5.41, 5.74) is 0.921.